The molecule has 0 aliphatic heterocycles. The molecular formula is C9H10N2. The zero-order valence-corrected chi connectivity index (χ0v) is 6.17. The van der Waals surface area contributed by atoms with E-state index in [1.54, 1.807) is 0 Å². The van der Waals surface area contributed by atoms with Crippen LogP contribution in [0.25, 0.3) is 10.8 Å². The number of hydrogen-bond donors (Lipinski definition) is 2. The summed E-state index contributed by atoms with van der Waals surface area (Å²) >= 11 is 0. The summed E-state index contributed by atoms with van der Waals surface area (Å²) in [6.45, 7) is 0.612. The van der Waals surface area contributed by atoms with Gasteiger partial charge in [-0.05, 0) is 22.4 Å². The second kappa shape index (κ2) is 2.40. The van der Waals surface area contributed by atoms with Crippen molar-refractivity contribution in [1.82, 2.24) is 4.98 Å². The number of hydrogen-bond acceptors (Lipinski definition) is 1. The van der Waals surface area contributed by atoms with Crippen molar-refractivity contribution in [2.24, 2.45) is 5.73 Å². The minimum absolute atomic E-state index is 0.612. The Bertz CT molecular complexity index is 362. The largest absolute Gasteiger partial charge is 0.366 e. The van der Waals surface area contributed by atoms with Crippen LogP contribution in [0.5, 0.6) is 0 Å². The Morgan fingerprint density at radius 3 is 2.82 bits per heavy atom. The van der Waals surface area contributed by atoms with Gasteiger partial charge in [-0.1, -0.05) is 12.1 Å². The Hall–Kier alpha value is -1.28. The van der Waals surface area contributed by atoms with Gasteiger partial charge in [-0.3, -0.25) is 0 Å². The fraction of sp³-hybridized carbons (Fsp3) is 0.111. The van der Waals surface area contributed by atoms with Gasteiger partial charge in [0.1, 0.15) is 0 Å². The van der Waals surface area contributed by atoms with Gasteiger partial charge >= 0.3 is 0 Å². The number of nitrogens with one attached hydrogen (secondary N) is 1. The first-order valence-electron chi connectivity index (χ1n) is 3.65. The highest BCUT2D eigenvalue weighted by Gasteiger charge is 1.93. The molecule has 0 radical (unpaired) electrons. The van der Waals surface area contributed by atoms with E-state index >= 15 is 0 Å². The van der Waals surface area contributed by atoms with E-state index in [1.165, 1.54) is 16.3 Å². The van der Waals surface area contributed by atoms with Gasteiger partial charge in [0.05, 0.1) is 0 Å². The molecule has 0 unspecified atom stereocenters. The molecule has 1 aromatic heterocycles. The van der Waals surface area contributed by atoms with Crippen LogP contribution in [0.2, 0.25) is 0 Å². The minimum atomic E-state index is 0.612. The fourth-order valence-corrected chi connectivity index (χ4v) is 1.23. The molecule has 2 rings (SSSR count). The van der Waals surface area contributed by atoms with Crippen molar-refractivity contribution in [3.63, 3.8) is 0 Å². The van der Waals surface area contributed by atoms with Crippen molar-refractivity contribution >= 4 is 10.8 Å². The average molecular weight is 146 g/mol. The smallest absolute Gasteiger partial charge is 0.0178 e. The molecule has 2 aromatic rings. The van der Waals surface area contributed by atoms with Crippen molar-refractivity contribution in [2.45, 2.75) is 6.54 Å². The van der Waals surface area contributed by atoms with Crippen LogP contribution in [0.1, 0.15) is 5.56 Å². The molecule has 56 valence electrons. The predicted molar refractivity (Wildman–Crippen MR) is 46.2 cm³/mol. The first-order valence-corrected chi connectivity index (χ1v) is 3.65. The molecule has 0 saturated heterocycles. The summed E-state index contributed by atoms with van der Waals surface area (Å²) in [4.78, 5) is 3.05. The summed E-state index contributed by atoms with van der Waals surface area (Å²) in [5, 5.41) is 2.47. The van der Waals surface area contributed by atoms with Gasteiger partial charge in [-0.15, -0.1) is 0 Å². The molecule has 2 heteroatoms. The zero-order valence-electron chi connectivity index (χ0n) is 6.17. The number of nitrogens with two attached hydrogens (primary N) is 1. The van der Waals surface area contributed by atoms with Crippen LogP contribution in [-0.4, -0.2) is 4.98 Å². The van der Waals surface area contributed by atoms with Crippen LogP contribution in [0, 0.1) is 0 Å². The maximum Gasteiger partial charge on any atom is 0.0178 e. The summed E-state index contributed by atoms with van der Waals surface area (Å²) in [7, 11) is 0. The van der Waals surface area contributed by atoms with E-state index in [9.17, 15) is 0 Å². The SMILES string of the molecule is NCc1ccc2c[nH]cc2c1. The molecule has 0 spiro atoms. The van der Waals surface area contributed by atoms with Gasteiger partial charge in [0.2, 0.25) is 0 Å². The van der Waals surface area contributed by atoms with Crippen molar-refractivity contribution in [3.8, 4) is 0 Å². The molecule has 0 aliphatic carbocycles. The number of fused-ring (bicyclic) bond motifs is 1. The summed E-state index contributed by atoms with van der Waals surface area (Å²) in [6.07, 6.45) is 3.96. The minimum Gasteiger partial charge on any atom is -0.366 e. The van der Waals surface area contributed by atoms with Crippen molar-refractivity contribution in [3.05, 3.63) is 36.2 Å². The molecule has 0 atom stereocenters. The lowest BCUT2D eigenvalue weighted by Crippen LogP contribution is -1.94. The molecule has 1 aromatic carbocycles. The van der Waals surface area contributed by atoms with Crippen molar-refractivity contribution < 1.29 is 0 Å². The van der Waals surface area contributed by atoms with Crippen molar-refractivity contribution in [1.29, 1.82) is 0 Å². The number of aromatic amines is 1. The highest BCUT2D eigenvalue weighted by molar-refractivity contribution is 5.82. The normalized spacial score (nSPS) is 10.6. The molecule has 2 nitrogen and oxygen atoms in total. The van der Waals surface area contributed by atoms with E-state index < -0.39 is 0 Å². The Morgan fingerprint density at radius 1 is 1.18 bits per heavy atom. The topological polar surface area (TPSA) is 41.8 Å². The van der Waals surface area contributed by atoms with Gasteiger partial charge in [-0.2, -0.15) is 0 Å². The number of H-pyrrole nitrogens is 1. The lowest BCUT2D eigenvalue weighted by Gasteiger charge is -1.94. The second-order valence-corrected chi connectivity index (χ2v) is 2.62. The van der Waals surface area contributed by atoms with Crippen molar-refractivity contribution in [2.75, 3.05) is 0 Å². The monoisotopic (exact) mass is 146 g/mol. The van der Waals surface area contributed by atoms with Crippen LogP contribution in [0.3, 0.4) is 0 Å². The summed E-state index contributed by atoms with van der Waals surface area (Å²) in [5.41, 5.74) is 6.68. The average Bonchev–Trinajstić information content (AvgIpc) is 2.50. The Labute approximate surface area is 65.0 Å². The standard InChI is InChI=1S/C9H10N2/c10-4-7-1-2-8-5-11-6-9(8)3-7/h1-3,5-6,11H,4,10H2. The van der Waals surface area contributed by atoms with Crippen LogP contribution in [0.4, 0.5) is 0 Å². The molecule has 1 heterocycles. The van der Waals surface area contributed by atoms with Crippen LogP contribution in [-0.2, 0) is 6.54 Å². The van der Waals surface area contributed by atoms with E-state index in [0.29, 0.717) is 6.54 Å². The first kappa shape index (κ1) is 6.43. The number of benzene rings is 1. The summed E-state index contributed by atoms with van der Waals surface area (Å²) < 4.78 is 0. The van der Waals surface area contributed by atoms with Crippen LogP contribution < -0.4 is 5.73 Å². The highest BCUT2D eigenvalue weighted by atomic mass is 14.6. The molecule has 3 N–H and O–H groups in total. The molecule has 0 bridgehead atoms. The van der Waals surface area contributed by atoms with Gasteiger partial charge < -0.3 is 10.7 Å². The Kier molecular flexibility index (Phi) is 1.40. The number of aromatic nitrogens is 1. The Balaban J connectivity index is 2.67. The quantitative estimate of drug-likeness (QED) is 0.630. The predicted octanol–water partition coefficient (Wildman–Crippen LogP) is 1.63. The maximum absolute atomic E-state index is 5.50. The lowest BCUT2D eigenvalue weighted by molar-refractivity contribution is 1.08. The maximum atomic E-state index is 5.50. The summed E-state index contributed by atoms with van der Waals surface area (Å²) in [5.74, 6) is 0. The number of rotatable bonds is 1. The van der Waals surface area contributed by atoms with E-state index in [0.717, 1.165) is 0 Å². The molecule has 0 amide bonds. The summed E-state index contributed by atoms with van der Waals surface area (Å²) in [6, 6.07) is 6.23. The third-order valence-corrected chi connectivity index (χ3v) is 1.86. The third-order valence-electron chi connectivity index (χ3n) is 1.86. The zero-order chi connectivity index (χ0) is 7.68. The molecular weight excluding hydrogens is 136 g/mol. The molecule has 0 aliphatic rings. The molecule has 0 fully saturated rings. The molecule has 11 heavy (non-hydrogen) atoms. The van der Waals surface area contributed by atoms with Crippen LogP contribution in [0.15, 0.2) is 30.6 Å². The van der Waals surface area contributed by atoms with Gasteiger partial charge in [0, 0.05) is 18.9 Å². The van der Waals surface area contributed by atoms with Crippen LogP contribution >= 0.6 is 0 Å². The third kappa shape index (κ3) is 1.01. The van der Waals surface area contributed by atoms with E-state index in [4.69, 9.17) is 5.73 Å². The highest BCUT2D eigenvalue weighted by Crippen LogP contribution is 2.14. The van der Waals surface area contributed by atoms with E-state index in [-0.39, 0.29) is 0 Å². The first-order chi connectivity index (χ1) is 5.40. The van der Waals surface area contributed by atoms with Gasteiger partial charge in [0.25, 0.3) is 0 Å². The molecule has 0 saturated carbocycles. The lowest BCUT2D eigenvalue weighted by atomic mass is 10.1. The Morgan fingerprint density at radius 2 is 2.00 bits per heavy atom. The van der Waals surface area contributed by atoms with E-state index in [1.807, 2.05) is 12.4 Å². The second-order valence-electron chi connectivity index (χ2n) is 2.62. The fourth-order valence-electron chi connectivity index (χ4n) is 1.23. The van der Waals surface area contributed by atoms with Gasteiger partial charge in [0.15, 0.2) is 0 Å². The van der Waals surface area contributed by atoms with Gasteiger partial charge in [-0.25, -0.2) is 0 Å². The van der Waals surface area contributed by atoms with E-state index in [2.05, 4.69) is 23.2 Å².